The van der Waals surface area contributed by atoms with Crippen molar-refractivity contribution < 1.29 is 23.4 Å². The first-order valence-electron chi connectivity index (χ1n) is 6.33. The van der Waals surface area contributed by atoms with E-state index in [1.54, 1.807) is 12.1 Å². The summed E-state index contributed by atoms with van der Waals surface area (Å²) in [5.41, 5.74) is 0.206. The van der Waals surface area contributed by atoms with Gasteiger partial charge in [0.1, 0.15) is 5.82 Å². The summed E-state index contributed by atoms with van der Waals surface area (Å²) < 4.78 is 32.7. The third-order valence-corrected chi connectivity index (χ3v) is 3.27. The van der Waals surface area contributed by atoms with E-state index in [2.05, 4.69) is 0 Å². The molecule has 0 aliphatic carbocycles. The molecule has 2 rings (SSSR count). The number of aliphatic carboxylic acids is 1. The van der Waals surface area contributed by atoms with E-state index in [0.717, 1.165) is 0 Å². The van der Waals surface area contributed by atoms with Gasteiger partial charge in [-0.15, -0.1) is 0 Å². The van der Waals surface area contributed by atoms with Crippen LogP contribution < -0.4 is 4.74 Å². The molecule has 3 nitrogen and oxygen atoms in total. The fourth-order valence-electron chi connectivity index (χ4n) is 2.18. The molecule has 0 aliphatic heterocycles. The molecule has 0 heterocycles. The first-order chi connectivity index (χ1) is 10.0. The number of carboxylic acid groups (broad SMARTS) is 1. The van der Waals surface area contributed by atoms with Crippen molar-refractivity contribution in [2.75, 3.05) is 7.11 Å². The Balaban J connectivity index is 2.38. The van der Waals surface area contributed by atoms with Crippen molar-refractivity contribution in [1.29, 1.82) is 0 Å². The van der Waals surface area contributed by atoms with Crippen molar-refractivity contribution in [2.45, 2.75) is 12.3 Å². The van der Waals surface area contributed by atoms with Crippen LogP contribution in [0.4, 0.5) is 8.78 Å². The number of carbonyl (C=O) groups is 1. The van der Waals surface area contributed by atoms with Gasteiger partial charge in [0.15, 0.2) is 11.6 Å². The van der Waals surface area contributed by atoms with Crippen molar-refractivity contribution >= 4 is 5.97 Å². The van der Waals surface area contributed by atoms with Crippen LogP contribution in [0, 0.1) is 11.6 Å². The van der Waals surface area contributed by atoms with Crippen molar-refractivity contribution in [3.63, 3.8) is 0 Å². The normalized spacial score (nSPS) is 12.0. The Hall–Kier alpha value is -2.43. The maximum Gasteiger partial charge on any atom is 0.311 e. The minimum absolute atomic E-state index is 0.0326. The van der Waals surface area contributed by atoms with Gasteiger partial charge in [-0.3, -0.25) is 4.79 Å². The van der Waals surface area contributed by atoms with Gasteiger partial charge in [-0.1, -0.05) is 30.3 Å². The Kier molecular flexibility index (Phi) is 4.52. The largest absolute Gasteiger partial charge is 0.494 e. The lowest BCUT2D eigenvalue weighted by Crippen LogP contribution is -2.16. The van der Waals surface area contributed by atoms with E-state index in [4.69, 9.17) is 4.74 Å². The van der Waals surface area contributed by atoms with Crippen molar-refractivity contribution in [3.8, 4) is 5.75 Å². The maximum atomic E-state index is 14.1. The molecule has 0 bridgehead atoms. The zero-order chi connectivity index (χ0) is 15.4. The van der Waals surface area contributed by atoms with Gasteiger partial charge in [-0.25, -0.2) is 8.78 Å². The highest BCUT2D eigenvalue weighted by Crippen LogP contribution is 2.28. The molecular formula is C16H14F2O3. The van der Waals surface area contributed by atoms with Crippen LogP contribution >= 0.6 is 0 Å². The highest BCUT2D eigenvalue weighted by atomic mass is 19.1. The fraction of sp³-hybridized carbons (Fsp3) is 0.188. The Morgan fingerprint density at radius 1 is 1.19 bits per heavy atom. The zero-order valence-corrected chi connectivity index (χ0v) is 11.3. The van der Waals surface area contributed by atoms with Crippen LogP contribution in [0.5, 0.6) is 5.75 Å². The van der Waals surface area contributed by atoms with Gasteiger partial charge >= 0.3 is 5.97 Å². The van der Waals surface area contributed by atoms with E-state index >= 15 is 0 Å². The summed E-state index contributed by atoms with van der Waals surface area (Å²) >= 11 is 0. The van der Waals surface area contributed by atoms with Crippen LogP contribution in [0.1, 0.15) is 17.0 Å². The van der Waals surface area contributed by atoms with Gasteiger partial charge in [0, 0.05) is 5.56 Å². The summed E-state index contributed by atoms with van der Waals surface area (Å²) in [5, 5.41) is 9.31. The van der Waals surface area contributed by atoms with Crippen molar-refractivity contribution in [3.05, 3.63) is 65.2 Å². The third-order valence-electron chi connectivity index (χ3n) is 3.27. The average Bonchev–Trinajstić information content (AvgIpc) is 2.47. The Morgan fingerprint density at radius 2 is 1.90 bits per heavy atom. The van der Waals surface area contributed by atoms with Crippen molar-refractivity contribution in [2.24, 2.45) is 0 Å². The minimum Gasteiger partial charge on any atom is -0.494 e. The highest BCUT2D eigenvalue weighted by molar-refractivity contribution is 5.76. The summed E-state index contributed by atoms with van der Waals surface area (Å²) in [6.07, 6.45) is -0.153. The molecule has 0 fully saturated rings. The summed E-state index contributed by atoms with van der Waals surface area (Å²) in [7, 11) is 1.33. The van der Waals surface area contributed by atoms with Crippen LogP contribution in [0.15, 0.2) is 42.5 Å². The number of rotatable bonds is 5. The monoisotopic (exact) mass is 292 g/mol. The van der Waals surface area contributed by atoms with Crippen molar-refractivity contribution in [1.82, 2.24) is 0 Å². The van der Waals surface area contributed by atoms with E-state index in [9.17, 15) is 18.7 Å². The van der Waals surface area contributed by atoms with Crippen LogP contribution in [-0.4, -0.2) is 18.2 Å². The molecule has 0 saturated heterocycles. The Bertz CT molecular complexity index is 656. The molecule has 0 amide bonds. The fourth-order valence-corrected chi connectivity index (χ4v) is 2.18. The average molecular weight is 292 g/mol. The number of ether oxygens (including phenoxy) is 1. The second kappa shape index (κ2) is 6.35. The molecule has 1 N–H and O–H groups in total. The van der Waals surface area contributed by atoms with E-state index in [-0.39, 0.29) is 23.3 Å². The molecular weight excluding hydrogens is 278 g/mol. The number of hydrogen-bond donors (Lipinski definition) is 1. The summed E-state index contributed by atoms with van der Waals surface area (Å²) in [6, 6.07) is 10.1. The van der Waals surface area contributed by atoms with E-state index in [1.165, 1.54) is 37.4 Å². The molecule has 2 aromatic carbocycles. The van der Waals surface area contributed by atoms with E-state index in [0.29, 0.717) is 0 Å². The zero-order valence-electron chi connectivity index (χ0n) is 11.3. The van der Waals surface area contributed by atoms with Crippen LogP contribution in [-0.2, 0) is 11.2 Å². The topological polar surface area (TPSA) is 46.5 Å². The third kappa shape index (κ3) is 3.18. The van der Waals surface area contributed by atoms with Gasteiger partial charge in [0.05, 0.1) is 13.0 Å². The number of carboxylic acids is 1. The quantitative estimate of drug-likeness (QED) is 0.919. The standard InChI is InChI=1S/C16H14F2O3/c1-21-14-8-4-5-10(15(14)18)9-12(16(19)20)11-6-2-3-7-13(11)17/h2-8,12H,9H2,1H3,(H,19,20). The lowest BCUT2D eigenvalue weighted by atomic mass is 9.91. The number of hydrogen-bond acceptors (Lipinski definition) is 2. The Labute approximate surface area is 120 Å². The predicted molar refractivity (Wildman–Crippen MR) is 73.4 cm³/mol. The smallest absolute Gasteiger partial charge is 0.311 e. The minimum atomic E-state index is -1.21. The molecule has 2 aromatic rings. The van der Waals surface area contributed by atoms with Gasteiger partial charge in [-0.05, 0) is 24.1 Å². The molecule has 1 atom stereocenters. The molecule has 5 heteroatoms. The SMILES string of the molecule is COc1cccc(CC(C(=O)O)c2ccccc2F)c1F. The van der Waals surface area contributed by atoms with E-state index < -0.39 is 23.5 Å². The first kappa shape index (κ1) is 15.0. The lowest BCUT2D eigenvalue weighted by molar-refractivity contribution is -0.138. The number of halogens is 2. The molecule has 0 spiro atoms. The molecule has 0 aliphatic rings. The highest BCUT2D eigenvalue weighted by Gasteiger charge is 2.25. The first-order valence-corrected chi connectivity index (χ1v) is 6.33. The van der Waals surface area contributed by atoms with Crippen LogP contribution in [0.2, 0.25) is 0 Å². The lowest BCUT2D eigenvalue weighted by Gasteiger charge is -2.15. The van der Waals surface area contributed by atoms with E-state index in [1.807, 2.05) is 0 Å². The predicted octanol–water partition coefficient (Wildman–Crippen LogP) is 3.38. The van der Waals surface area contributed by atoms with Gasteiger partial charge in [-0.2, -0.15) is 0 Å². The van der Waals surface area contributed by atoms with Crippen LogP contribution in [0.25, 0.3) is 0 Å². The second-order valence-electron chi connectivity index (χ2n) is 4.55. The molecule has 21 heavy (non-hydrogen) atoms. The number of benzene rings is 2. The second-order valence-corrected chi connectivity index (χ2v) is 4.55. The maximum absolute atomic E-state index is 14.1. The Morgan fingerprint density at radius 3 is 2.52 bits per heavy atom. The molecule has 0 aromatic heterocycles. The molecule has 1 unspecified atom stereocenters. The van der Waals surface area contributed by atoms with Gasteiger partial charge in [0.2, 0.25) is 0 Å². The molecule has 0 saturated carbocycles. The summed E-state index contributed by atoms with van der Waals surface area (Å²) in [5.74, 6) is -3.57. The van der Waals surface area contributed by atoms with Gasteiger partial charge in [0.25, 0.3) is 0 Å². The summed E-state index contributed by atoms with van der Waals surface area (Å²) in [4.78, 5) is 11.4. The molecule has 110 valence electrons. The number of methoxy groups -OCH3 is 1. The van der Waals surface area contributed by atoms with Crippen LogP contribution in [0.3, 0.4) is 0 Å². The molecule has 0 radical (unpaired) electrons. The van der Waals surface area contributed by atoms with Gasteiger partial charge < -0.3 is 9.84 Å². The summed E-state index contributed by atoms with van der Waals surface area (Å²) in [6.45, 7) is 0.